The Morgan fingerprint density at radius 1 is 0.446 bits per heavy atom. The number of nitrogens with one attached hydrogen (secondary N) is 1. The maximum absolute atomic E-state index is 13.0. The Kier molecular flexibility index (Phi) is 55.9. The maximum atomic E-state index is 13.0. The van der Waals surface area contributed by atoms with Crippen molar-refractivity contribution in [2.45, 2.75) is 347 Å². The zero-order valence-corrected chi connectivity index (χ0v) is 51.3. The van der Waals surface area contributed by atoms with Gasteiger partial charge >= 0.3 is 7.82 Å². The summed E-state index contributed by atoms with van der Waals surface area (Å²) < 4.78 is 23.8. The van der Waals surface area contributed by atoms with Crippen LogP contribution >= 0.6 is 7.82 Å². The minimum Gasteiger partial charge on any atom is -0.387 e. The van der Waals surface area contributed by atoms with Crippen molar-refractivity contribution in [1.29, 1.82) is 0 Å². The van der Waals surface area contributed by atoms with Crippen molar-refractivity contribution >= 4 is 13.7 Å². The summed E-state index contributed by atoms with van der Waals surface area (Å²) in [5.41, 5.74) is 0. The molecule has 0 aromatic carbocycles. The van der Waals surface area contributed by atoms with Crippen molar-refractivity contribution < 1.29 is 32.9 Å². The molecule has 1 amide bonds. The van der Waals surface area contributed by atoms with Gasteiger partial charge in [-0.3, -0.25) is 13.8 Å². The van der Waals surface area contributed by atoms with E-state index >= 15 is 0 Å². The Hall–Kier alpha value is -1.02. The molecular formula is C65H130N2O6P+. The summed E-state index contributed by atoms with van der Waals surface area (Å²) in [6.07, 6.45) is 73.1. The standard InChI is InChI=1S/C65H129N2O6P/c1-6-8-10-12-14-16-18-20-22-24-26-27-28-29-30-31-32-33-34-35-36-37-38-39-41-43-45-47-49-51-53-55-57-59-65(69)66-63(62-73-74(70,71)72-61-60-67(3,4)5)64(68)58-56-54-52-50-48-46-44-42-40-25-23-21-19-17-15-13-11-9-7-2/h24,26,56,58,63-64,68H,6-23,25,27-55,57,59-62H2,1-5H3,(H-,66,69,70,71)/p+1/b26-24-,58-56+. The van der Waals surface area contributed by atoms with E-state index < -0.39 is 20.0 Å². The van der Waals surface area contributed by atoms with Crippen LogP contribution in [0.3, 0.4) is 0 Å². The number of carbonyl (C=O) groups is 1. The molecule has 0 aromatic rings. The summed E-state index contributed by atoms with van der Waals surface area (Å²) in [6, 6.07) is -0.844. The van der Waals surface area contributed by atoms with Crippen LogP contribution in [0.4, 0.5) is 0 Å². The average Bonchev–Trinajstić information content (AvgIpc) is 3.36. The molecule has 0 radical (unpaired) electrons. The quantitative estimate of drug-likeness (QED) is 0.0243. The molecule has 0 aliphatic rings. The summed E-state index contributed by atoms with van der Waals surface area (Å²) in [5, 5.41) is 14.0. The number of unbranched alkanes of at least 4 members (excludes halogenated alkanes) is 46. The Labute approximate surface area is 462 Å². The molecule has 0 rings (SSSR count). The predicted octanol–water partition coefficient (Wildman–Crippen LogP) is 20.3. The lowest BCUT2D eigenvalue weighted by Crippen LogP contribution is -2.45. The second-order valence-corrected chi connectivity index (χ2v) is 25.3. The first-order valence-corrected chi connectivity index (χ1v) is 34.2. The maximum Gasteiger partial charge on any atom is 0.472 e. The fourth-order valence-corrected chi connectivity index (χ4v) is 10.8. The van der Waals surface area contributed by atoms with E-state index in [1.165, 1.54) is 283 Å². The molecule has 0 aliphatic carbocycles. The zero-order chi connectivity index (χ0) is 54.2. The third-order valence-electron chi connectivity index (χ3n) is 15.2. The van der Waals surface area contributed by atoms with Gasteiger partial charge in [0.1, 0.15) is 13.2 Å². The molecule has 0 aromatic heterocycles. The molecular weight excluding hydrogens is 936 g/mol. The second kappa shape index (κ2) is 56.7. The molecule has 0 saturated carbocycles. The molecule has 9 heteroatoms. The van der Waals surface area contributed by atoms with Crippen LogP contribution in [-0.2, 0) is 18.4 Å². The van der Waals surface area contributed by atoms with Crippen molar-refractivity contribution in [3.05, 3.63) is 24.3 Å². The van der Waals surface area contributed by atoms with Gasteiger partial charge in [-0.25, -0.2) is 4.57 Å². The smallest absolute Gasteiger partial charge is 0.387 e. The molecule has 74 heavy (non-hydrogen) atoms. The highest BCUT2D eigenvalue weighted by molar-refractivity contribution is 7.47. The van der Waals surface area contributed by atoms with Crippen LogP contribution < -0.4 is 5.32 Å². The van der Waals surface area contributed by atoms with Gasteiger partial charge in [0.25, 0.3) is 0 Å². The third-order valence-corrected chi connectivity index (χ3v) is 16.1. The number of allylic oxidation sites excluding steroid dienone is 3. The topological polar surface area (TPSA) is 105 Å². The first kappa shape index (κ1) is 73.0. The van der Waals surface area contributed by atoms with Crippen molar-refractivity contribution in [1.82, 2.24) is 5.32 Å². The van der Waals surface area contributed by atoms with Crippen LogP contribution in [-0.4, -0.2) is 73.4 Å². The van der Waals surface area contributed by atoms with Gasteiger partial charge in [-0.15, -0.1) is 0 Å². The Balaban J connectivity index is 4.01. The number of likely N-dealkylation sites (N-methyl/N-ethyl adjacent to an activating group) is 1. The Morgan fingerprint density at radius 3 is 1.04 bits per heavy atom. The normalized spacial score (nSPS) is 13.9. The number of phosphoric ester groups is 1. The van der Waals surface area contributed by atoms with Crippen LogP contribution in [0.25, 0.3) is 0 Å². The molecule has 0 aliphatic heterocycles. The first-order chi connectivity index (χ1) is 36.0. The van der Waals surface area contributed by atoms with Crippen LogP contribution in [0, 0.1) is 0 Å². The van der Waals surface area contributed by atoms with Gasteiger partial charge in [0.15, 0.2) is 0 Å². The highest BCUT2D eigenvalue weighted by Crippen LogP contribution is 2.43. The molecule has 8 nitrogen and oxygen atoms in total. The third kappa shape index (κ3) is 58.7. The van der Waals surface area contributed by atoms with E-state index in [0.29, 0.717) is 17.4 Å². The Bertz CT molecular complexity index is 1260. The van der Waals surface area contributed by atoms with Crippen molar-refractivity contribution in [3.8, 4) is 0 Å². The number of amides is 1. The van der Waals surface area contributed by atoms with Crippen LogP contribution in [0.5, 0.6) is 0 Å². The number of hydrogen-bond donors (Lipinski definition) is 3. The lowest BCUT2D eigenvalue weighted by atomic mass is 10.0. The van der Waals surface area contributed by atoms with Crippen molar-refractivity contribution in [2.75, 3.05) is 40.9 Å². The number of phosphoric acid groups is 1. The van der Waals surface area contributed by atoms with Crippen LogP contribution in [0.2, 0.25) is 0 Å². The zero-order valence-electron chi connectivity index (χ0n) is 50.4. The van der Waals surface area contributed by atoms with E-state index in [4.69, 9.17) is 9.05 Å². The molecule has 3 N–H and O–H groups in total. The highest BCUT2D eigenvalue weighted by atomic mass is 31.2. The van der Waals surface area contributed by atoms with E-state index in [-0.39, 0.29) is 19.1 Å². The molecule has 0 spiro atoms. The van der Waals surface area contributed by atoms with E-state index in [0.717, 1.165) is 32.1 Å². The van der Waals surface area contributed by atoms with Crippen LogP contribution in [0.15, 0.2) is 24.3 Å². The van der Waals surface area contributed by atoms with Crippen molar-refractivity contribution in [3.63, 3.8) is 0 Å². The monoisotopic (exact) mass is 1070 g/mol. The summed E-state index contributed by atoms with van der Waals surface area (Å²) in [5.74, 6) is -0.169. The number of carbonyl (C=O) groups excluding carboxylic acids is 1. The molecule has 440 valence electrons. The second-order valence-electron chi connectivity index (χ2n) is 23.8. The van der Waals surface area contributed by atoms with Gasteiger partial charge in [-0.05, 0) is 44.9 Å². The number of aliphatic hydroxyl groups excluding tert-OH is 1. The number of aliphatic hydroxyl groups is 1. The SMILES string of the molecule is CCCCCCCCCC/C=C\CCCCCCCCCCCCCCCCCCCCCCCC(=O)NC(COP(=O)(O)OCC[N+](C)(C)C)C(O)/C=C/CCCCCCCCCCCCCCCCCCC. The number of quaternary nitrogens is 1. The van der Waals surface area contributed by atoms with Gasteiger partial charge in [-0.2, -0.15) is 0 Å². The largest absolute Gasteiger partial charge is 0.472 e. The fraction of sp³-hybridized carbons (Fsp3) is 0.923. The molecule has 0 bridgehead atoms. The van der Waals surface area contributed by atoms with E-state index in [2.05, 4.69) is 31.3 Å². The summed E-state index contributed by atoms with van der Waals surface area (Å²) in [6.45, 7) is 4.87. The van der Waals surface area contributed by atoms with Gasteiger partial charge in [0.05, 0.1) is 39.9 Å². The number of hydrogen-bond acceptors (Lipinski definition) is 5. The van der Waals surface area contributed by atoms with Gasteiger partial charge in [0.2, 0.25) is 5.91 Å². The average molecular weight is 1070 g/mol. The summed E-state index contributed by atoms with van der Waals surface area (Å²) in [4.78, 5) is 23.4. The van der Waals surface area contributed by atoms with E-state index in [1.54, 1.807) is 6.08 Å². The van der Waals surface area contributed by atoms with Gasteiger partial charge < -0.3 is 19.8 Å². The number of nitrogens with zero attached hydrogens (tertiary/aromatic N) is 1. The number of rotatable bonds is 61. The summed E-state index contributed by atoms with van der Waals surface area (Å²) >= 11 is 0. The highest BCUT2D eigenvalue weighted by Gasteiger charge is 2.28. The molecule has 3 unspecified atom stereocenters. The minimum absolute atomic E-state index is 0.0644. The summed E-state index contributed by atoms with van der Waals surface area (Å²) in [7, 11) is 1.59. The molecule has 0 fully saturated rings. The van der Waals surface area contributed by atoms with Gasteiger partial charge in [0, 0.05) is 6.42 Å². The first-order valence-electron chi connectivity index (χ1n) is 32.7. The molecule has 0 heterocycles. The predicted molar refractivity (Wildman–Crippen MR) is 323 cm³/mol. The fourth-order valence-electron chi connectivity index (χ4n) is 10.0. The minimum atomic E-state index is -4.35. The van der Waals surface area contributed by atoms with E-state index in [1.807, 2.05) is 27.2 Å². The molecule has 3 atom stereocenters. The lowest BCUT2D eigenvalue weighted by molar-refractivity contribution is -0.870. The van der Waals surface area contributed by atoms with E-state index in [9.17, 15) is 19.4 Å². The Morgan fingerprint density at radius 2 is 0.730 bits per heavy atom. The molecule has 0 saturated heterocycles. The lowest BCUT2D eigenvalue weighted by Gasteiger charge is -2.25. The van der Waals surface area contributed by atoms with Crippen molar-refractivity contribution in [2.24, 2.45) is 0 Å². The van der Waals surface area contributed by atoms with Crippen LogP contribution in [0.1, 0.15) is 335 Å². The van der Waals surface area contributed by atoms with Gasteiger partial charge in [-0.1, -0.05) is 308 Å².